The molecule has 0 N–H and O–H groups in total. The number of hydrogen-bond acceptors (Lipinski definition) is 3. The summed E-state index contributed by atoms with van der Waals surface area (Å²) in [6.07, 6.45) is 0.539. The van der Waals surface area contributed by atoms with Gasteiger partial charge in [0.25, 0.3) is 0 Å². The number of ketones is 1. The van der Waals surface area contributed by atoms with E-state index in [9.17, 15) is 18.4 Å². The number of nitrogens with zero attached hydrogens (tertiary/aromatic N) is 1. The number of anilines is 1. The first-order valence-corrected chi connectivity index (χ1v) is 14.7. The zero-order valence-corrected chi connectivity index (χ0v) is 20.4. The quantitative estimate of drug-likeness (QED) is 0.209. The number of Topliss-reactive ketones (excluding diaryl/α,β-unsaturated/α-hetero) is 1. The second-order valence-electron chi connectivity index (χ2n) is 9.49. The zero-order chi connectivity index (χ0) is 24.5. The van der Waals surface area contributed by atoms with E-state index in [1.54, 1.807) is 17.0 Å². The Bertz CT molecular complexity index is 1170. The number of carbonyl (C=O) groups excluding carboxylic acids is 2. The highest BCUT2D eigenvalue weighted by Crippen LogP contribution is 2.46. The van der Waals surface area contributed by atoms with Crippen LogP contribution in [0.15, 0.2) is 72.8 Å². The smallest absolute Gasteiger partial charge is 0.242 e. The van der Waals surface area contributed by atoms with Crippen molar-refractivity contribution in [1.29, 1.82) is 0 Å². The van der Waals surface area contributed by atoms with Crippen molar-refractivity contribution in [2.45, 2.75) is 38.5 Å². The molecule has 7 heteroatoms. The molecule has 1 heterocycles. The van der Waals surface area contributed by atoms with Crippen LogP contribution in [0, 0.1) is 17.6 Å². The van der Waals surface area contributed by atoms with Crippen molar-refractivity contribution >= 4 is 25.7 Å². The van der Waals surface area contributed by atoms with Gasteiger partial charge in [-0.15, -0.1) is 0 Å². The molecular formula is C27H27F2NO3Si. The van der Waals surface area contributed by atoms with Crippen LogP contribution in [-0.4, -0.2) is 20.0 Å². The van der Waals surface area contributed by atoms with Gasteiger partial charge in [0.15, 0.2) is 5.78 Å². The highest BCUT2D eigenvalue weighted by atomic mass is 28.4. The molecule has 1 fully saturated rings. The number of carbonyl (C=O) groups is 2. The lowest BCUT2D eigenvalue weighted by Crippen LogP contribution is -2.55. The van der Waals surface area contributed by atoms with E-state index in [0.717, 1.165) is 11.3 Å². The van der Waals surface area contributed by atoms with Crippen LogP contribution in [0.2, 0.25) is 19.6 Å². The van der Waals surface area contributed by atoms with Gasteiger partial charge in [-0.25, -0.2) is 8.78 Å². The van der Waals surface area contributed by atoms with Crippen molar-refractivity contribution in [2.75, 3.05) is 4.90 Å². The fourth-order valence-electron chi connectivity index (χ4n) is 4.25. The lowest BCUT2D eigenvalue weighted by atomic mass is 9.78. The van der Waals surface area contributed by atoms with E-state index in [1.807, 2.05) is 24.3 Å². The maximum Gasteiger partial charge on any atom is 0.242 e. The van der Waals surface area contributed by atoms with Crippen molar-refractivity contribution in [3.8, 4) is 5.75 Å². The molecule has 0 aliphatic carbocycles. The van der Waals surface area contributed by atoms with Gasteiger partial charge in [0, 0.05) is 17.7 Å². The first kappa shape index (κ1) is 23.8. The van der Waals surface area contributed by atoms with Gasteiger partial charge in [-0.1, -0.05) is 12.1 Å². The Hall–Kier alpha value is -3.32. The van der Waals surface area contributed by atoms with E-state index >= 15 is 0 Å². The molecule has 0 spiro atoms. The molecule has 0 radical (unpaired) electrons. The summed E-state index contributed by atoms with van der Waals surface area (Å²) in [6, 6.07) is 18.7. The molecule has 1 amide bonds. The molecule has 4 nitrogen and oxygen atoms in total. The van der Waals surface area contributed by atoms with E-state index in [4.69, 9.17) is 4.43 Å². The topological polar surface area (TPSA) is 46.6 Å². The predicted molar refractivity (Wildman–Crippen MR) is 130 cm³/mol. The van der Waals surface area contributed by atoms with Crippen molar-refractivity contribution in [1.82, 2.24) is 0 Å². The third-order valence-electron chi connectivity index (χ3n) is 5.81. The van der Waals surface area contributed by atoms with Gasteiger partial charge in [0.05, 0.1) is 12.0 Å². The molecule has 2 atom stereocenters. The maximum atomic E-state index is 13.5. The summed E-state index contributed by atoms with van der Waals surface area (Å²) in [4.78, 5) is 27.4. The summed E-state index contributed by atoms with van der Waals surface area (Å²) in [5.74, 6) is -0.621. The Morgan fingerprint density at radius 3 is 2.00 bits per heavy atom. The Kier molecular flexibility index (Phi) is 6.66. The minimum absolute atomic E-state index is 0.106. The number of benzene rings is 3. The molecule has 0 unspecified atom stereocenters. The van der Waals surface area contributed by atoms with E-state index in [2.05, 4.69) is 19.6 Å². The van der Waals surface area contributed by atoms with Crippen LogP contribution in [0.5, 0.6) is 5.75 Å². The molecular weight excluding hydrogens is 452 g/mol. The molecule has 3 aromatic carbocycles. The SMILES string of the molecule is C[Si](C)(C)Oc1ccc([C@@H]2[C@@H](CCC(=O)c3ccc(F)cc3)C(=O)N2c2ccc(F)cc2)cc1. The van der Waals surface area contributed by atoms with Gasteiger partial charge in [0.1, 0.15) is 17.4 Å². The van der Waals surface area contributed by atoms with Crippen molar-refractivity contribution in [3.63, 3.8) is 0 Å². The van der Waals surface area contributed by atoms with Crippen molar-refractivity contribution in [2.24, 2.45) is 5.92 Å². The average Bonchev–Trinajstić information content (AvgIpc) is 2.79. The summed E-state index contributed by atoms with van der Waals surface area (Å²) >= 11 is 0. The Morgan fingerprint density at radius 2 is 1.44 bits per heavy atom. The van der Waals surface area contributed by atoms with Crippen LogP contribution in [0.4, 0.5) is 14.5 Å². The van der Waals surface area contributed by atoms with Gasteiger partial charge < -0.3 is 9.33 Å². The summed E-state index contributed by atoms with van der Waals surface area (Å²) in [5, 5.41) is 0. The van der Waals surface area contributed by atoms with Gasteiger partial charge in [-0.3, -0.25) is 9.59 Å². The first-order chi connectivity index (χ1) is 16.1. The van der Waals surface area contributed by atoms with E-state index < -0.39 is 20.1 Å². The molecule has 1 saturated heterocycles. The van der Waals surface area contributed by atoms with Gasteiger partial charge in [0.2, 0.25) is 14.2 Å². The molecule has 0 bridgehead atoms. The minimum Gasteiger partial charge on any atom is -0.544 e. The molecule has 34 heavy (non-hydrogen) atoms. The molecule has 0 aromatic heterocycles. The Balaban J connectivity index is 1.56. The second kappa shape index (κ2) is 9.50. The van der Waals surface area contributed by atoms with Crippen LogP contribution in [0.25, 0.3) is 0 Å². The molecule has 1 aliphatic rings. The summed E-state index contributed by atoms with van der Waals surface area (Å²) in [5.41, 5.74) is 1.96. The maximum absolute atomic E-state index is 13.5. The predicted octanol–water partition coefficient (Wildman–Crippen LogP) is 6.55. The van der Waals surface area contributed by atoms with Crippen LogP contribution in [-0.2, 0) is 4.79 Å². The number of β-lactam (4-membered cyclic amide) rings is 1. The summed E-state index contributed by atoms with van der Waals surface area (Å²) < 4.78 is 32.7. The molecule has 176 valence electrons. The number of rotatable bonds is 8. The fourth-order valence-corrected chi connectivity index (χ4v) is 5.10. The van der Waals surface area contributed by atoms with Crippen molar-refractivity contribution < 1.29 is 22.8 Å². The van der Waals surface area contributed by atoms with Crippen LogP contribution in [0.3, 0.4) is 0 Å². The number of halogens is 2. The largest absolute Gasteiger partial charge is 0.544 e. The van der Waals surface area contributed by atoms with E-state index in [-0.39, 0.29) is 30.0 Å². The molecule has 0 saturated carbocycles. The standard InChI is InChI=1S/C27H27F2NO3Si/c1-34(2,3)33-23-14-6-19(7-15-23)26-24(16-17-25(31)18-4-8-20(28)9-5-18)27(32)30(26)22-12-10-21(29)11-13-22/h4-15,24,26H,16-17H2,1-3H3/t24-,26-/m1/s1. The third kappa shape index (κ3) is 5.25. The molecule has 1 aliphatic heterocycles. The Morgan fingerprint density at radius 1 is 0.882 bits per heavy atom. The fraction of sp³-hybridized carbons (Fsp3) is 0.259. The lowest BCUT2D eigenvalue weighted by Gasteiger charge is -2.47. The highest BCUT2D eigenvalue weighted by Gasteiger charge is 2.48. The van der Waals surface area contributed by atoms with Crippen LogP contribution < -0.4 is 9.33 Å². The van der Waals surface area contributed by atoms with Gasteiger partial charge in [-0.2, -0.15) is 0 Å². The highest BCUT2D eigenvalue weighted by molar-refractivity contribution is 6.70. The number of hydrogen-bond donors (Lipinski definition) is 0. The molecule has 3 aromatic rings. The first-order valence-electron chi connectivity index (χ1n) is 11.3. The Labute approximate surface area is 199 Å². The summed E-state index contributed by atoms with van der Waals surface area (Å²) in [6.45, 7) is 6.32. The van der Waals surface area contributed by atoms with Gasteiger partial charge in [-0.05, 0) is 92.3 Å². The second-order valence-corrected chi connectivity index (χ2v) is 13.9. The van der Waals surface area contributed by atoms with E-state index in [0.29, 0.717) is 17.7 Å². The monoisotopic (exact) mass is 479 g/mol. The van der Waals surface area contributed by atoms with Gasteiger partial charge >= 0.3 is 0 Å². The van der Waals surface area contributed by atoms with E-state index in [1.165, 1.54) is 36.4 Å². The average molecular weight is 480 g/mol. The summed E-state index contributed by atoms with van der Waals surface area (Å²) in [7, 11) is -1.76. The third-order valence-corrected chi connectivity index (χ3v) is 6.66. The minimum atomic E-state index is -1.76. The zero-order valence-electron chi connectivity index (χ0n) is 19.4. The number of amides is 1. The van der Waals surface area contributed by atoms with Crippen LogP contribution in [0.1, 0.15) is 34.8 Å². The normalized spacial score (nSPS) is 17.9. The van der Waals surface area contributed by atoms with Crippen molar-refractivity contribution in [3.05, 3.63) is 95.6 Å². The lowest BCUT2D eigenvalue weighted by molar-refractivity contribution is -0.130. The molecule has 4 rings (SSSR count). The van der Waals surface area contributed by atoms with Crippen LogP contribution >= 0.6 is 0 Å².